The summed E-state index contributed by atoms with van der Waals surface area (Å²) in [6, 6.07) is 3.92. The van der Waals surface area contributed by atoms with Crippen molar-refractivity contribution in [2.24, 2.45) is 0 Å². The van der Waals surface area contributed by atoms with Crippen LogP contribution < -0.4 is 14.5 Å². The van der Waals surface area contributed by atoms with Gasteiger partial charge in [-0.2, -0.15) is 0 Å². The summed E-state index contributed by atoms with van der Waals surface area (Å²) in [5, 5.41) is 0. The lowest BCUT2D eigenvalue weighted by molar-refractivity contribution is 0.0270. The Labute approximate surface area is 265 Å². The average molecular weight is 642 g/mol. The first-order valence-corrected chi connectivity index (χ1v) is 17.1. The van der Waals surface area contributed by atoms with Crippen molar-refractivity contribution in [3.63, 3.8) is 0 Å². The van der Waals surface area contributed by atoms with Crippen LogP contribution in [-0.4, -0.2) is 84.4 Å². The second-order valence-electron chi connectivity index (χ2n) is 13.7. The van der Waals surface area contributed by atoms with E-state index in [9.17, 15) is 18.0 Å². The van der Waals surface area contributed by atoms with Crippen LogP contribution in [0.4, 0.5) is 26.9 Å². The number of hydrogen-bond donors (Lipinski definition) is 0. The average Bonchev–Trinajstić information content (AvgIpc) is 3.05. The van der Waals surface area contributed by atoms with Gasteiger partial charge in [0.2, 0.25) is 0 Å². The van der Waals surface area contributed by atoms with Gasteiger partial charge >= 0.3 is 12.2 Å². The standard InChI is InChI=1S/C32H43N5O7S/c1-20-17-23(22-9-11-36(12-10-22)29(38)43-31(3,4)5)18-24-26(20)42-21(2)25-27(35-13-15-45(40,41)16-14-35)33-19-34-28(25)37(24)30(39)44-32(6,7)8/h9,17-19,21H,10-16H2,1-8H3. The summed E-state index contributed by atoms with van der Waals surface area (Å²) in [7, 11) is -3.13. The predicted octanol–water partition coefficient (Wildman–Crippen LogP) is 5.57. The number of anilines is 3. The van der Waals surface area contributed by atoms with Gasteiger partial charge in [0.25, 0.3) is 0 Å². The molecule has 2 aromatic rings. The molecule has 2 amide bonds. The number of carbonyl (C=O) groups is 2. The first-order chi connectivity index (χ1) is 20.9. The maximum atomic E-state index is 14.0. The Balaban J connectivity index is 1.58. The highest BCUT2D eigenvalue weighted by Crippen LogP contribution is 2.48. The van der Waals surface area contributed by atoms with E-state index in [-0.39, 0.29) is 30.7 Å². The van der Waals surface area contributed by atoms with Crippen LogP contribution in [0.2, 0.25) is 0 Å². The van der Waals surface area contributed by atoms with Crippen LogP contribution in [0.1, 0.15) is 77.7 Å². The first kappa shape index (κ1) is 32.5. The Morgan fingerprint density at radius 1 is 0.933 bits per heavy atom. The second kappa shape index (κ2) is 11.8. The number of aromatic nitrogens is 2. The fraction of sp³-hybridized carbons (Fsp3) is 0.562. The number of benzene rings is 1. The summed E-state index contributed by atoms with van der Waals surface area (Å²) < 4.78 is 42.4. The van der Waals surface area contributed by atoms with Crippen molar-refractivity contribution in [2.45, 2.75) is 79.1 Å². The molecule has 1 aromatic heterocycles. The van der Waals surface area contributed by atoms with E-state index in [0.29, 0.717) is 48.1 Å². The number of nitrogens with zero attached hydrogens (tertiary/aromatic N) is 5. The van der Waals surface area contributed by atoms with Gasteiger partial charge in [0.1, 0.15) is 35.2 Å². The van der Waals surface area contributed by atoms with Crippen molar-refractivity contribution in [1.82, 2.24) is 14.9 Å². The van der Waals surface area contributed by atoms with Crippen LogP contribution in [0.15, 0.2) is 24.5 Å². The minimum atomic E-state index is -3.13. The maximum Gasteiger partial charge on any atom is 0.420 e. The van der Waals surface area contributed by atoms with Crippen LogP contribution in [-0.2, 0) is 19.3 Å². The highest BCUT2D eigenvalue weighted by Gasteiger charge is 2.39. The molecule has 45 heavy (non-hydrogen) atoms. The molecule has 244 valence electrons. The summed E-state index contributed by atoms with van der Waals surface area (Å²) in [6.45, 7) is 16.2. The normalized spacial score (nSPS) is 19.9. The number of ether oxygens (including phenoxy) is 3. The Morgan fingerprint density at radius 3 is 2.16 bits per heavy atom. The zero-order valence-electron chi connectivity index (χ0n) is 27.3. The van der Waals surface area contributed by atoms with Gasteiger partial charge in [-0.25, -0.2) is 32.9 Å². The van der Waals surface area contributed by atoms with Crippen LogP contribution in [0, 0.1) is 6.92 Å². The quantitative estimate of drug-likeness (QED) is 0.410. The smallest absolute Gasteiger partial charge is 0.420 e. The fourth-order valence-corrected chi connectivity index (χ4v) is 6.82. The Bertz CT molecular complexity index is 1630. The van der Waals surface area contributed by atoms with Crippen molar-refractivity contribution >= 4 is 44.9 Å². The maximum absolute atomic E-state index is 14.0. The lowest BCUT2D eigenvalue weighted by Crippen LogP contribution is -2.41. The molecule has 5 rings (SSSR count). The van der Waals surface area contributed by atoms with Crippen molar-refractivity contribution in [3.8, 4) is 5.75 Å². The number of rotatable bonds is 2. The number of fused-ring (bicyclic) bond motifs is 2. The fourth-order valence-electron chi connectivity index (χ4n) is 5.62. The van der Waals surface area contributed by atoms with E-state index in [1.165, 1.54) is 11.2 Å². The number of hydrogen-bond acceptors (Lipinski definition) is 10. The first-order valence-electron chi connectivity index (χ1n) is 15.2. The number of amides is 2. The van der Waals surface area contributed by atoms with Crippen LogP contribution in [0.5, 0.6) is 5.75 Å². The highest BCUT2D eigenvalue weighted by atomic mass is 32.2. The Hall–Kier alpha value is -3.87. The molecule has 1 unspecified atom stereocenters. The van der Waals surface area contributed by atoms with Crippen LogP contribution >= 0.6 is 0 Å². The SMILES string of the molecule is Cc1cc(C2=CCN(C(=O)OC(C)(C)C)CC2)cc2c1OC(C)c1c(N3CCS(=O)(=O)CC3)ncnc1N2C(=O)OC(C)(C)C. The van der Waals surface area contributed by atoms with E-state index in [0.717, 1.165) is 16.7 Å². The third kappa shape index (κ3) is 7.18. The number of carbonyl (C=O) groups excluding carboxylic acids is 2. The van der Waals surface area contributed by atoms with Crippen LogP contribution in [0.3, 0.4) is 0 Å². The lowest BCUT2D eigenvalue weighted by Gasteiger charge is -2.32. The molecule has 0 bridgehead atoms. The van der Waals surface area contributed by atoms with E-state index < -0.39 is 33.2 Å². The van der Waals surface area contributed by atoms with E-state index >= 15 is 0 Å². The third-order valence-corrected chi connectivity index (χ3v) is 9.31. The molecule has 0 aliphatic carbocycles. The van der Waals surface area contributed by atoms with Crippen LogP contribution in [0.25, 0.3) is 5.57 Å². The summed E-state index contributed by atoms with van der Waals surface area (Å²) in [4.78, 5) is 40.8. The molecule has 1 saturated heterocycles. The molecular formula is C32H43N5O7S. The molecule has 1 aromatic carbocycles. The summed E-state index contributed by atoms with van der Waals surface area (Å²) in [5.41, 5.74) is 2.40. The minimum Gasteiger partial charge on any atom is -0.483 e. The van der Waals surface area contributed by atoms with E-state index in [2.05, 4.69) is 9.97 Å². The Morgan fingerprint density at radius 2 is 1.56 bits per heavy atom. The molecule has 4 heterocycles. The predicted molar refractivity (Wildman–Crippen MR) is 172 cm³/mol. The molecule has 0 spiro atoms. The summed E-state index contributed by atoms with van der Waals surface area (Å²) >= 11 is 0. The van der Waals surface area contributed by atoms with Gasteiger partial charge in [-0.15, -0.1) is 0 Å². The van der Waals surface area contributed by atoms with Crippen molar-refractivity contribution < 1.29 is 32.2 Å². The number of sulfone groups is 1. The van der Waals surface area contributed by atoms with Crippen molar-refractivity contribution in [2.75, 3.05) is 47.5 Å². The molecule has 0 radical (unpaired) electrons. The summed E-state index contributed by atoms with van der Waals surface area (Å²) in [5.74, 6) is 1.38. The highest BCUT2D eigenvalue weighted by molar-refractivity contribution is 7.91. The minimum absolute atomic E-state index is 0.0138. The monoisotopic (exact) mass is 641 g/mol. The molecule has 1 fully saturated rings. The molecule has 1 atom stereocenters. The number of aryl methyl sites for hydroxylation is 1. The molecule has 12 nitrogen and oxygen atoms in total. The van der Waals surface area contributed by atoms with Gasteiger partial charge in [-0.05, 0) is 90.6 Å². The van der Waals surface area contributed by atoms with Gasteiger partial charge in [0, 0.05) is 26.2 Å². The van der Waals surface area contributed by atoms with Gasteiger partial charge in [0.05, 0.1) is 22.8 Å². The van der Waals surface area contributed by atoms with Crippen molar-refractivity contribution in [1.29, 1.82) is 0 Å². The van der Waals surface area contributed by atoms with Gasteiger partial charge in [-0.1, -0.05) is 6.08 Å². The second-order valence-corrected chi connectivity index (χ2v) is 16.0. The van der Waals surface area contributed by atoms with Gasteiger partial charge < -0.3 is 24.0 Å². The zero-order chi connectivity index (χ0) is 32.9. The third-order valence-electron chi connectivity index (χ3n) is 7.70. The largest absolute Gasteiger partial charge is 0.483 e. The van der Waals surface area contributed by atoms with Gasteiger partial charge in [0.15, 0.2) is 15.7 Å². The molecule has 13 heteroatoms. The molecule has 0 saturated carbocycles. The van der Waals surface area contributed by atoms with E-state index in [4.69, 9.17) is 14.2 Å². The van der Waals surface area contributed by atoms with E-state index in [1.54, 1.807) is 25.7 Å². The van der Waals surface area contributed by atoms with Gasteiger partial charge in [-0.3, -0.25) is 0 Å². The topological polar surface area (TPSA) is 131 Å². The zero-order valence-corrected chi connectivity index (χ0v) is 28.2. The molecule has 3 aliphatic rings. The lowest BCUT2D eigenvalue weighted by atomic mass is 9.96. The van der Waals surface area contributed by atoms with Crippen molar-refractivity contribution in [3.05, 3.63) is 41.2 Å². The molecular weight excluding hydrogens is 598 g/mol. The summed E-state index contributed by atoms with van der Waals surface area (Å²) in [6.07, 6.45) is 2.44. The van der Waals surface area contributed by atoms with E-state index in [1.807, 2.05) is 57.7 Å². The Kier molecular flexibility index (Phi) is 8.54. The molecule has 0 N–H and O–H groups in total. The molecule has 3 aliphatic heterocycles.